The highest BCUT2D eigenvalue weighted by atomic mass is 31.2. The molecule has 58 heavy (non-hydrogen) atoms. The molecule has 0 amide bonds. The van der Waals surface area contributed by atoms with Crippen LogP contribution in [0.2, 0.25) is 0 Å². The first-order valence-corrected chi connectivity index (χ1v) is 23.1. The predicted octanol–water partition coefficient (Wildman–Crippen LogP) is 11.5. The Morgan fingerprint density at radius 1 is 0.534 bits per heavy atom. The molecule has 0 rings (SSSR count). The molecule has 0 aliphatic heterocycles. The topological polar surface area (TPSA) is 172 Å². The molecule has 3 unspecified atom stereocenters. The number of nitrogens with two attached hydrogens (primary N) is 1. The Kier molecular flexibility index (Phi) is 38.1. The maximum atomic E-state index is 12.6. The molecule has 0 aromatic rings. The molecule has 0 saturated heterocycles. The SMILES string of the molecule is CC/C=C\C/C=C\C/C=C\C/C=C\CCCCCCCCC(=O)OC(COC(=O)CCCCCCC/C=C\C/C=C\C/C=C\CC)COP(=O)(O)OCC(N)C(=O)O. The highest BCUT2D eigenvalue weighted by Gasteiger charge is 2.28. The Morgan fingerprint density at radius 3 is 1.36 bits per heavy atom. The maximum absolute atomic E-state index is 12.6. The van der Waals surface area contributed by atoms with Crippen LogP contribution in [0.3, 0.4) is 0 Å². The lowest BCUT2D eigenvalue weighted by Gasteiger charge is -2.20. The van der Waals surface area contributed by atoms with Crippen LogP contribution in [0.1, 0.15) is 155 Å². The minimum absolute atomic E-state index is 0.136. The summed E-state index contributed by atoms with van der Waals surface area (Å²) in [7, 11) is -4.73. The number of rotatable bonds is 39. The number of aliphatic carboxylic acids is 1. The van der Waals surface area contributed by atoms with Gasteiger partial charge in [0.2, 0.25) is 0 Å². The molecular weight excluding hydrogens is 757 g/mol. The first-order valence-electron chi connectivity index (χ1n) is 21.6. The van der Waals surface area contributed by atoms with Gasteiger partial charge in [-0.15, -0.1) is 0 Å². The summed E-state index contributed by atoms with van der Waals surface area (Å²) < 4.78 is 32.7. The number of carbonyl (C=O) groups excluding carboxylic acids is 2. The van der Waals surface area contributed by atoms with Crippen molar-refractivity contribution in [2.75, 3.05) is 19.8 Å². The fraction of sp³-hybridized carbons (Fsp3) is 0.630. The molecule has 0 aromatic carbocycles. The molecule has 0 aliphatic carbocycles. The van der Waals surface area contributed by atoms with Crippen LogP contribution in [-0.4, -0.2) is 59.9 Å². The first-order chi connectivity index (χ1) is 28.1. The van der Waals surface area contributed by atoms with Crippen molar-refractivity contribution in [3.05, 3.63) is 85.1 Å². The lowest BCUT2D eigenvalue weighted by atomic mass is 10.1. The van der Waals surface area contributed by atoms with E-state index in [1.54, 1.807) is 0 Å². The van der Waals surface area contributed by atoms with E-state index in [1.807, 2.05) is 0 Å². The van der Waals surface area contributed by atoms with Crippen molar-refractivity contribution in [3.8, 4) is 0 Å². The quantitative estimate of drug-likeness (QED) is 0.0233. The Hall–Kier alpha value is -3.34. The van der Waals surface area contributed by atoms with Crippen LogP contribution in [0.15, 0.2) is 85.1 Å². The molecule has 0 aromatic heterocycles. The highest BCUT2D eigenvalue weighted by Crippen LogP contribution is 2.43. The third-order valence-corrected chi connectivity index (χ3v) is 9.59. The Balaban J connectivity index is 4.43. The summed E-state index contributed by atoms with van der Waals surface area (Å²) in [5, 5.41) is 8.89. The lowest BCUT2D eigenvalue weighted by Crippen LogP contribution is -2.34. The van der Waals surface area contributed by atoms with E-state index in [-0.39, 0.29) is 19.4 Å². The van der Waals surface area contributed by atoms with Crippen LogP contribution in [0.4, 0.5) is 0 Å². The van der Waals surface area contributed by atoms with Crippen LogP contribution in [0, 0.1) is 0 Å². The molecule has 330 valence electrons. The van der Waals surface area contributed by atoms with Gasteiger partial charge in [-0.25, -0.2) is 4.57 Å². The number of carbonyl (C=O) groups is 3. The number of allylic oxidation sites excluding steroid dienone is 14. The van der Waals surface area contributed by atoms with E-state index in [1.165, 1.54) is 0 Å². The number of unbranched alkanes of at least 4 members (excludes halogenated alkanes) is 11. The van der Waals surface area contributed by atoms with E-state index in [9.17, 15) is 23.8 Å². The summed E-state index contributed by atoms with van der Waals surface area (Å²) in [4.78, 5) is 46.0. The van der Waals surface area contributed by atoms with Gasteiger partial charge >= 0.3 is 25.7 Å². The van der Waals surface area contributed by atoms with E-state index in [0.29, 0.717) is 12.8 Å². The van der Waals surface area contributed by atoms with Crippen LogP contribution >= 0.6 is 7.82 Å². The number of carboxylic acid groups (broad SMARTS) is 1. The highest BCUT2D eigenvalue weighted by molar-refractivity contribution is 7.47. The zero-order valence-corrected chi connectivity index (χ0v) is 36.5. The number of hydrogen-bond donors (Lipinski definition) is 3. The summed E-state index contributed by atoms with van der Waals surface area (Å²) in [6, 6.07) is -1.53. The maximum Gasteiger partial charge on any atom is 0.472 e. The van der Waals surface area contributed by atoms with Gasteiger partial charge in [-0.2, -0.15) is 0 Å². The Bertz CT molecular complexity index is 1300. The zero-order valence-electron chi connectivity index (χ0n) is 35.6. The fourth-order valence-electron chi connectivity index (χ4n) is 5.30. The Labute approximate surface area is 350 Å². The van der Waals surface area contributed by atoms with Gasteiger partial charge in [0.25, 0.3) is 0 Å². The average Bonchev–Trinajstić information content (AvgIpc) is 3.20. The second-order valence-corrected chi connectivity index (χ2v) is 15.5. The van der Waals surface area contributed by atoms with Gasteiger partial charge in [0.05, 0.1) is 13.2 Å². The minimum atomic E-state index is -4.73. The second kappa shape index (κ2) is 40.4. The van der Waals surface area contributed by atoms with Crippen molar-refractivity contribution in [1.29, 1.82) is 0 Å². The molecule has 11 nitrogen and oxygen atoms in total. The molecule has 0 fully saturated rings. The number of hydrogen-bond acceptors (Lipinski definition) is 9. The monoisotopic (exact) mass is 834 g/mol. The number of phosphoric acid groups is 1. The summed E-state index contributed by atoms with van der Waals surface area (Å²) in [5.41, 5.74) is 5.33. The fourth-order valence-corrected chi connectivity index (χ4v) is 6.08. The van der Waals surface area contributed by atoms with Crippen molar-refractivity contribution in [2.45, 2.75) is 167 Å². The number of esters is 2. The van der Waals surface area contributed by atoms with Crippen molar-refractivity contribution in [3.63, 3.8) is 0 Å². The van der Waals surface area contributed by atoms with E-state index in [4.69, 9.17) is 24.8 Å². The van der Waals surface area contributed by atoms with Crippen LogP contribution in [0.5, 0.6) is 0 Å². The van der Waals surface area contributed by atoms with E-state index >= 15 is 0 Å². The van der Waals surface area contributed by atoms with E-state index in [2.05, 4.69) is 103 Å². The van der Waals surface area contributed by atoms with E-state index < -0.39 is 51.1 Å². The molecule has 0 saturated carbocycles. The molecular formula is C46H76NO10P. The molecule has 0 bridgehead atoms. The van der Waals surface area contributed by atoms with Gasteiger partial charge in [-0.3, -0.25) is 23.4 Å². The zero-order chi connectivity index (χ0) is 42.8. The van der Waals surface area contributed by atoms with Crippen molar-refractivity contribution < 1.29 is 47.5 Å². The average molecular weight is 834 g/mol. The standard InChI is InChI=1S/C46H76NO10P/c1-3-5-7-9-11-13-15-17-19-20-21-22-24-26-28-30-32-34-36-38-45(49)57-42(40-55-58(52,53)56-41-43(47)46(50)51)39-54-44(48)37-35-33-31-29-27-25-23-18-16-14-12-10-8-6-4-2/h5-8,11-14,17-19,21-23,42-43H,3-4,9-10,15-16,20,24-41,47H2,1-2H3,(H,50,51)(H,52,53)/b7-5-,8-6-,13-11-,14-12-,19-17-,22-21-,23-18-. The number of ether oxygens (including phenoxy) is 2. The smallest absolute Gasteiger partial charge is 0.472 e. The largest absolute Gasteiger partial charge is 0.480 e. The van der Waals surface area contributed by atoms with Gasteiger partial charge in [-0.05, 0) is 83.5 Å². The predicted molar refractivity (Wildman–Crippen MR) is 235 cm³/mol. The van der Waals surface area contributed by atoms with Crippen LogP contribution < -0.4 is 5.73 Å². The van der Waals surface area contributed by atoms with Crippen molar-refractivity contribution in [1.82, 2.24) is 0 Å². The minimum Gasteiger partial charge on any atom is -0.480 e. The third kappa shape index (κ3) is 39.5. The molecule has 4 N–H and O–H groups in total. The Morgan fingerprint density at radius 2 is 0.914 bits per heavy atom. The number of phosphoric ester groups is 1. The third-order valence-electron chi connectivity index (χ3n) is 8.64. The molecule has 12 heteroatoms. The summed E-state index contributed by atoms with van der Waals surface area (Å²) in [6.07, 6.45) is 49.3. The van der Waals surface area contributed by atoms with Gasteiger partial charge in [0, 0.05) is 12.8 Å². The van der Waals surface area contributed by atoms with Gasteiger partial charge in [0.1, 0.15) is 12.6 Å². The molecule has 3 atom stereocenters. The lowest BCUT2D eigenvalue weighted by molar-refractivity contribution is -0.161. The first kappa shape index (κ1) is 54.7. The van der Waals surface area contributed by atoms with E-state index in [0.717, 1.165) is 116 Å². The van der Waals surface area contributed by atoms with Gasteiger partial charge < -0.3 is 25.2 Å². The normalized spacial score (nSPS) is 14.6. The van der Waals surface area contributed by atoms with Crippen LogP contribution in [0.25, 0.3) is 0 Å². The summed E-state index contributed by atoms with van der Waals surface area (Å²) >= 11 is 0. The summed E-state index contributed by atoms with van der Waals surface area (Å²) in [6.45, 7) is 2.53. The molecule has 0 spiro atoms. The molecule has 0 aliphatic rings. The van der Waals surface area contributed by atoms with Gasteiger partial charge in [0.15, 0.2) is 6.10 Å². The molecule has 0 heterocycles. The van der Waals surface area contributed by atoms with Crippen molar-refractivity contribution in [2.24, 2.45) is 5.73 Å². The second-order valence-electron chi connectivity index (χ2n) is 14.1. The summed E-state index contributed by atoms with van der Waals surface area (Å²) in [5.74, 6) is -2.43. The molecule has 0 radical (unpaired) electrons. The number of carboxylic acids is 1. The van der Waals surface area contributed by atoms with Gasteiger partial charge in [-0.1, -0.05) is 144 Å². The van der Waals surface area contributed by atoms with Crippen LogP contribution in [-0.2, 0) is 37.5 Å². The van der Waals surface area contributed by atoms with Crippen molar-refractivity contribution >= 4 is 25.7 Å².